The summed E-state index contributed by atoms with van der Waals surface area (Å²) < 4.78 is 59.6. The van der Waals surface area contributed by atoms with Crippen LogP contribution in [0.2, 0.25) is 0 Å². The lowest BCUT2D eigenvalue weighted by Crippen LogP contribution is -2.50. The van der Waals surface area contributed by atoms with Crippen LogP contribution in [0, 0.1) is 18.2 Å². The summed E-state index contributed by atoms with van der Waals surface area (Å²) in [6.45, 7) is 6.82. The number of ether oxygens (including phenoxy) is 1. The minimum absolute atomic E-state index is 0.0986. The Balaban J connectivity index is 1.44. The number of fused-ring (bicyclic) bond motifs is 1. The second-order valence-electron chi connectivity index (χ2n) is 9.28. The molecule has 1 aromatic carbocycles. The monoisotopic (exact) mass is 475 g/mol. The molecule has 2 aliphatic rings. The summed E-state index contributed by atoms with van der Waals surface area (Å²) in [6, 6.07) is 4.47. The van der Waals surface area contributed by atoms with Crippen molar-refractivity contribution in [2.24, 2.45) is 5.41 Å². The standard InChI is InChI=1S/C24H25F4N5O/c1-14(17-4-3-5-19(20(17)25)24(26,27)28)30-22-18-10-16(11-29-21(18)15(2)31-32-22)33-8-6-23(7-9-33)12-34-13-23/h3-5,10-11,14H,6-9,12-13H2,1-2H3,(H,30,32)/t14-/m1/s1. The van der Waals surface area contributed by atoms with Crippen molar-refractivity contribution in [1.82, 2.24) is 15.2 Å². The Bertz CT molecular complexity index is 1220. The van der Waals surface area contributed by atoms with E-state index in [2.05, 4.69) is 25.4 Å². The van der Waals surface area contributed by atoms with E-state index in [1.807, 2.05) is 12.3 Å². The number of aryl methyl sites for hydroxylation is 1. The van der Waals surface area contributed by atoms with Gasteiger partial charge in [0, 0.05) is 29.5 Å². The summed E-state index contributed by atoms with van der Waals surface area (Å²) >= 11 is 0. The van der Waals surface area contributed by atoms with Crippen LogP contribution in [0.25, 0.3) is 10.9 Å². The van der Waals surface area contributed by atoms with Gasteiger partial charge in [0.15, 0.2) is 5.82 Å². The maximum atomic E-state index is 14.7. The van der Waals surface area contributed by atoms with Crippen molar-refractivity contribution < 1.29 is 22.3 Å². The first-order valence-electron chi connectivity index (χ1n) is 11.2. The normalized spacial score (nSPS) is 18.7. The highest BCUT2D eigenvalue weighted by molar-refractivity contribution is 5.92. The van der Waals surface area contributed by atoms with Gasteiger partial charge in [-0.05, 0) is 38.8 Å². The van der Waals surface area contributed by atoms with Crippen molar-refractivity contribution in [1.29, 1.82) is 0 Å². The highest BCUT2D eigenvalue weighted by Gasteiger charge is 2.41. The van der Waals surface area contributed by atoms with Gasteiger partial charge in [0.1, 0.15) is 5.82 Å². The van der Waals surface area contributed by atoms with Gasteiger partial charge in [0.2, 0.25) is 0 Å². The minimum Gasteiger partial charge on any atom is -0.380 e. The minimum atomic E-state index is -4.77. The van der Waals surface area contributed by atoms with Crippen molar-refractivity contribution in [2.45, 2.75) is 38.9 Å². The van der Waals surface area contributed by atoms with Crippen LogP contribution in [0.3, 0.4) is 0 Å². The average molecular weight is 475 g/mol. The molecule has 0 amide bonds. The van der Waals surface area contributed by atoms with Crippen LogP contribution in [0.4, 0.5) is 29.1 Å². The summed E-state index contributed by atoms with van der Waals surface area (Å²) in [5.41, 5.74) is 1.13. The number of nitrogens with zero attached hydrogens (tertiary/aromatic N) is 4. The predicted molar refractivity (Wildman–Crippen MR) is 120 cm³/mol. The van der Waals surface area contributed by atoms with Crippen LogP contribution >= 0.6 is 0 Å². The molecule has 1 spiro atoms. The number of anilines is 2. The Kier molecular flexibility index (Phi) is 5.58. The van der Waals surface area contributed by atoms with Gasteiger partial charge in [0.05, 0.1) is 47.9 Å². The topological polar surface area (TPSA) is 63.2 Å². The zero-order valence-corrected chi connectivity index (χ0v) is 18.9. The van der Waals surface area contributed by atoms with Crippen LogP contribution in [-0.4, -0.2) is 41.5 Å². The van der Waals surface area contributed by atoms with Crippen molar-refractivity contribution in [3.05, 3.63) is 53.1 Å². The number of nitrogens with one attached hydrogen (secondary N) is 1. The Morgan fingerprint density at radius 3 is 2.53 bits per heavy atom. The third-order valence-corrected chi connectivity index (χ3v) is 6.93. The summed E-state index contributed by atoms with van der Waals surface area (Å²) in [7, 11) is 0. The Morgan fingerprint density at radius 2 is 1.88 bits per heavy atom. The highest BCUT2D eigenvalue weighted by atomic mass is 19.4. The van der Waals surface area contributed by atoms with E-state index < -0.39 is 23.6 Å². The first-order chi connectivity index (χ1) is 16.2. The van der Waals surface area contributed by atoms with Crippen LogP contribution in [0.1, 0.15) is 42.6 Å². The molecule has 0 saturated carbocycles. The fraction of sp³-hybridized carbons (Fsp3) is 0.458. The molecular formula is C24H25F4N5O. The molecule has 0 aliphatic carbocycles. The molecule has 2 aliphatic heterocycles. The van der Waals surface area contributed by atoms with Crippen LogP contribution in [0.15, 0.2) is 30.5 Å². The Labute approximate surface area is 194 Å². The van der Waals surface area contributed by atoms with Crippen molar-refractivity contribution >= 4 is 22.4 Å². The summed E-state index contributed by atoms with van der Waals surface area (Å²) in [6.07, 6.45) is -0.856. The molecule has 0 bridgehead atoms. The van der Waals surface area contributed by atoms with E-state index in [-0.39, 0.29) is 5.56 Å². The van der Waals surface area contributed by atoms with E-state index >= 15 is 0 Å². The number of alkyl halides is 3. The van der Waals surface area contributed by atoms with Gasteiger partial charge in [-0.1, -0.05) is 12.1 Å². The molecule has 1 N–H and O–H groups in total. The molecule has 2 fully saturated rings. The zero-order chi connectivity index (χ0) is 24.1. The van der Waals surface area contributed by atoms with Gasteiger partial charge in [-0.2, -0.15) is 18.3 Å². The highest BCUT2D eigenvalue weighted by Crippen LogP contribution is 2.40. The number of benzene rings is 1. The number of aromatic nitrogens is 3. The fourth-order valence-corrected chi connectivity index (χ4v) is 4.73. The lowest BCUT2D eigenvalue weighted by molar-refractivity contribution is -0.140. The van der Waals surface area contributed by atoms with Gasteiger partial charge >= 0.3 is 6.18 Å². The van der Waals surface area contributed by atoms with E-state index in [9.17, 15) is 17.6 Å². The number of halogens is 4. The van der Waals surface area contributed by atoms with E-state index in [0.717, 1.165) is 50.9 Å². The van der Waals surface area contributed by atoms with E-state index in [1.54, 1.807) is 13.8 Å². The molecule has 3 aromatic rings. The maximum Gasteiger partial charge on any atom is 0.419 e. The van der Waals surface area contributed by atoms with Crippen LogP contribution in [-0.2, 0) is 10.9 Å². The Morgan fingerprint density at radius 1 is 1.15 bits per heavy atom. The van der Waals surface area contributed by atoms with Gasteiger partial charge in [-0.25, -0.2) is 4.39 Å². The molecule has 34 heavy (non-hydrogen) atoms. The van der Waals surface area contributed by atoms with Gasteiger partial charge in [-0.15, -0.1) is 5.10 Å². The first kappa shape index (κ1) is 22.8. The number of piperidine rings is 1. The molecule has 10 heteroatoms. The quantitative estimate of drug-likeness (QED) is 0.518. The number of pyridine rings is 1. The second-order valence-corrected chi connectivity index (χ2v) is 9.28. The second kappa shape index (κ2) is 8.33. The number of rotatable bonds is 4. The lowest BCUT2D eigenvalue weighted by atomic mass is 9.77. The third-order valence-electron chi connectivity index (χ3n) is 6.93. The summed E-state index contributed by atoms with van der Waals surface area (Å²) in [5, 5.41) is 12.1. The van der Waals surface area contributed by atoms with E-state index in [0.29, 0.717) is 27.8 Å². The van der Waals surface area contributed by atoms with Crippen LogP contribution < -0.4 is 10.2 Å². The summed E-state index contributed by atoms with van der Waals surface area (Å²) in [5.74, 6) is -0.944. The molecule has 4 heterocycles. The van der Waals surface area contributed by atoms with Gasteiger partial charge < -0.3 is 15.0 Å². The summed E-state index contributed by atoms with van der Waals surface area (Å²) in [4.78, 5) is 6.87. The molecule has 2 saturated heterocycles. The van der Waals surface area contributed by atoms with Crippen molar-refractivity contribution in [3.63, 3.8) is 0 Å². The van der Waals surface area contributed by atoms with Crippen molar-refractivity contribution in [3.8, 4) is 0 Å². The molecule has 2 aromatic heterocycles. The number of hydrogen-bond acceptors (Lipinski definition) is 6. The number of hydrogen-bond donors (Lipinski definition) is 1. The van der Waals surface area contributed by atoms with E-state index in [1.165, 1.54) is 12.1 Å². The van der Waals surface area contributed by atoms with Crippen LogP contribution in [0.5, 0.6) is 0 Å². The molecule has 5 rings (SSSR count). The van der Waals surface area contributed by atoms with Crippen molar-refractivity contribution in [2.75, 3.05) is 36.5 Å². The molecular weight excluding hydrogens is 450 g/mol. The smallest absolute Gasteiger partial charge is 0.380 e. The SMILES string of the molecule is Cc1nnc(N[C@H](C)c2cccc(C(F)(F)F)c2F)c2cc(N3CCC4(CC3)COC4)cnc12. The third kappa shape index (κ3) is 4.04. The lowest BCUT2D eigenvalue weighted by Gasteiger charge is -2.47. The van der Waals surface area contributed by atoms with E-state index in [4.69, 9.17) is 4.74 Å². The largest absolute Gasteiger partial charge is 0.419 e. The van der Waals surface area contributed by atoms with Gasteiger partial charge in [0.25, 0.3) is 0 Å². The fourth-order valence-electron chi connectivity index (χ4n) is 4.73. The molecule has 1 atom stereocenters. The molecule has 180 valence electrons. The molecule has 0 unspecified atom stereocenters. The van der Waals surface area contributed by atoms with Gasteiger partial charge in [-0.3, -0.25) is 4.98 Å². The molecule has 0 radical (unpaired) electrons. The Hall–Kier alpha value is -3.01. The average Bonchev–Trinajstić information content (AvgIpc) is 2.79. The first-order valence-corrected chi connectivity index (χ1v) is 11.2. The zero-order valence-electron chi connectivity index (χ0n) is 18.9. The molecule has 6 nitrogen and oxygen atoms in total. The maximum absolute atomic E-state index is 14.7. The predicted octanol–water partition coefficient (Wildman–Crippen LogP) is 5.28.